The number of imidazole rings is 1. The molecule has 1 aliphatic carbocycles. The summed E-state index contributed by atoms with van der Waals surface area (Å²) in [6.07, 6.45) is 7.60. The molecule has 1 N–H and O–H groups in total. The first-order chi connectivity index (χ1) is 14.7. The van der Waals surface area contributed by atoms with Gasteiger partial charge in [-0.3, -0.25) is 9.59 Å². The fourth-order valence-electron chi connectivity index (χ4n) is 5.16. The van der Waals surface area contributed by atoms with E-state index in [-0.39, 0.29) is 17.2 Å². The average molecular weight is 426 g/mol. The predicted molar refractivity (Wildman–Crippen MR) is 121 cm³/mol. The number of carboxylic acids is 1. The molecule has 0 spiro atoms. The highest BCUT2D eigenvalue weighted by atomic mass is 16.4. The Kier molecular flexibility index (Phi) is 6.09. The van der Waals surface area contributed by atoms with E-state index in [2.05, 4.69) is 31.4 Å². The molecule has 2 heterocycles. The number of carboxylic acid groups (broad SMARTS) is 1. The molecule has 1 saturated carbocycles. The van der Waals surface area contributed by atoms with Crippen LogP contribution in [-0.4, -0.2) is 44.5 Å². The van der Waals surface area contributed by atoms with Gasteiger partial charge in [-0.15, -0.1) is 0 Å². The first-order valence-corrected chi connectivity index (χ1v) is 11.8. The maximum Gasteiger partial charge on any atom is 0.306 e. The molecule has 4 rings (SSSR count). The smallest absolute Gasteiger partial charge is 0.306 e. The summed E-state index contributed by atoms with van der Waals surface area (Å²) in [5.74, 6) is 0.664. The van der Waals surface area contributed by atoms with E-state index in [0.717, 1.165) is 23.4 Å². The highest BCUT2D eigenvalue weighted by Crippen LogP contribution is 2.32. The Morgan fingerprint density at radius 1 is 1.06 bits per heavy atom. The van der Waals surface area contributed by atoms with E-state index in [1.165, 1.54) is 32.1 Å². The number of fused-ring (bicyclic) bond motifs is 1. The average Bonchev–Trinajstić information content (AvgIpc) is 3.12. The number of carbonyl (C=O) groups is 2. The summed E-state index contributed by atoms with van der Waals surface area (Å²) >= 11 is 0. The molecule has 0 atom stereocenters. The van der Waals surface area contributed by atoms with Crippen LogP contribution in [0.3, 0.4) is 0 Å². The second-order valence-electron chi connectivity index (χ2n) is 10.4. The van der Waals surface area contributed by atoms with Crippen LogP contribution >= 0.6 is 0 Å². The zero-order valence-corrected chi connectivity index (χ0v) is 19.1. The van der Waals surface area contributed by atoms with Gasteiger partial charge in [-0.2, -0.15) is 0 Å². The molecule has 1 aromatic heterocycles. The summed E-state index contributed by atoms with van der Waals surface area (Å²) in [4.78, 5) is 31.0. The van der Waals surface area contributed by atoms with Crippen molar-refractivity contribution in [2.75, 3.05) is 13.1 Å². The predicted octanol–water partition coefficient (Wildman–Crippen LogP) is 4.85. The Morgan fingerprint density at radius 2 is 1.74 bits per heavy atom. The summed E-state index contributed by atoms with van der Waals surface area (Å²) in [5, 5.41) is 9.20. The van der Waals surface area contributed by atoms with Gasteiger partial charge in [0, 0.05) is 30.6 Å². The van der Waals surface area contributed by atoms with Crippen LogP contribution in [0.15, 0.2) is 18.2 Å². The fourth-order valence-corrected chi connectivity index (χ4v) is 5.16. The molecule has 1 amide bonds. The van der Waals surface area contributed by atoms with Crippen molar-refractivity contribution in [3.05, 3.63) is 29.6 Å². The number of hydrogen-bond donors (Lipinski definition) is 1. The Balaban J connectivity index is 1.60. The van der Waals surface area contributed by atoms with E-state index in [4.69, 9.17) is 4.98 Å². The fraction of sp³-hybridized carbons (Fsp3) is 0.640. The van der Waals surface area contributed by atoms with Crippen molar-refractivity contribution in [1.29, 1.82) is 0 Å². The van der Waals surface area contributed by atoms with Crippen LogP contribution in [0.2, 0.25) is 0 Å². The van der Waals surface area contributed by atoms with Crippen LogP contribution in [-0.2, 0) is 16.8 Å². The van der Waals surface area contributed by atoms with E-state index in [1.807, 2.05) is 12.1 Å². The van der Waals surface area contributed by atoms with E-state index < -0.39 is 5.97 Å². The number of amides is 1. The highest BCUT2D eigenvalue weighted by Gasteiger charge is 2.29. The summed E-state index contributed by atoms with van der Waals surface area (Å²) in [7, 11) is 0. The molecule has 168 valence electrons. The molecule has 2 fully saturated rings. The SMILES string of the molecule is CC(C)(C)c1nc2cc(C(=O)N3CCC(C(=O)O)CC3)ccc2n1CC1CCCCC1. The van der Waals surface area contributed by atoms with Crippen LogP contribution in [0.25, 0.3) is 11.0 Å². The minimum absolute atomic E-state index is 0.0233. The minimum atomic E-state index is -0.758. The molecule has 6 nitrogen and oxygen atoms in total. The van der Waals surface area contributed by atoms with E-state index >= 15 is 0 Å². The van der Waals surface area contributed by atoms with Gasteiger partial charge >= 0.3 is 5.97 Å². The van der Waals surface area contributed by atoms with Crippen molar-refractivity contribution in [2.45, 2.75) is 77.7 Å². The van der Waals surface area contributed by atoms with Gasteiger partial charge in [0.25, 0.3) is 5.91 Å². The van der Waals surface area contributed by atoms with E-state index in [1.54, 1.807) is 4.90 Å². The van der Waals surface area contributed by atoms with Gasteiger partial charge in [0.1, 0.15) is 5.82 Å². The van der Waals surface area contributed by atoms with Crippen molar-refractivity contribution in [3.8, 4) is 0 Å². The molecule has 2 aliphatic rings. The highest BCUT2D eigenvalue weighted by molar-refractivity contribution is 5.97. The third kappa shape index (κ3) is 4.63. The molecule has 6 heteroatoms. The van der Waals surface area contributed by atoms with Crippen LogP contribution in [0.4, 0.5) is 0 Å². The molecule has 0 radical (unpaired) electrons. The van der Waals surface area contributed by atoms with Crippen LogP contribution < -0.4 is 0 Å². The molecular weight excluding hydrogens is 390 g/mol. The topological polar surface area (TPSA) is 75.4 Å². The van der Waals surface area contributed by atoms with Gasteiger partial charge in [-0.25, -0.2) is 4.98 Å². The molecule has 2 aromatic rings. The monoisotopic (exact) mass is 425 g/mol. The summed E-state index contributed by atoms with van der Waals surface area (Å²) in [5.41, 5.74) is 2.56. The van der Waals surface area contributed by atoms with Crippen molar-refractivity contribution in [3.63, 3.8) is 0 Å². The van der Waals surface area contributed by atoms with Gasteiger partial charge in [0.2, 0.25) is 0 Å². The standard InChI is InChI=1S/C25H35N3O3/c1-25(2,3)24-26-20-15-19(22(29)27-13-11-18(12-14-27)23(30)31)9-10-21(20)28(24)16-17-7-5-4-6-8-17/h9-10,15,17-18H,4-8,11-14,16H2,1-3H3,(H,30,31). The molecule has 31 heavy (non-hydrogen) atoms. The van der Waals surface area contributed by atoms with Crippen molar-refractivity contribution < 1.29 is 14.7 Å². The first kappa shape index (κ1) is 21.8. The van der Waals surface area contributed by atoms with Gasteiger partial charge in [0.15, 0.2) is 0 Å². The van der Waals surface area contributed by atoms with Gasteiger partial charge in [-0.05, 0) is 49.8 Å². The molecule has 1 saturated heterocycles. The summed E-state index contributed by atoms with van der Waals surface area (Å²) in [6, 6.07) is 5.89. The molecule has 0 unspecified atom stereocenters. The Hall–Kier alpha value is -2.37. The number of aromatic nitrogens is 2. The van der Waals surface area contributed by atoms with Gasteiger partial charge < -0.3 is 14.6 Å². The largest absolute Gasteiger partial charge is 0.481 e. The number of likely N-dealkylation sites (tertiary alicyclic amines) is 1. The second-order valence-corrected chi connectivity index (χ2v) is 10.4. The lowest BCUT2D eigenvalue weighted by Crippen LogP contribution is -2.40. The third-order valence-corrected chi connectivity index (χ3v) is 6.96. The molecular formula is C25H35N3O3. The Bertz CT molecular complexity index is 958. The zero-order valence-electron chi connectivity index (χ0n) is 19.1. The number of piperidine rings is 1. The molecule has 0 bridgehead atoms. The lowest BCUT2D eigenvalue weighted by Gasteiger charge is -2.30. The Morgan fingerprint density at radius 3 is 2.35 bits per heavy atom. The number of hydrogen-bond acceptors (Lipinski definition) is 3. The maximum absolute atomic E-state index is 13.1. The number of benzene rings is 1. The van der Waals surface area contributed by atoms with Gasteiger partial charge in [0.05, 0.1) is 17.0 Å². The zero-order chi connectivity index (χ0) is 22.2. The quantitative estimate of drug-likeness (QED) is 0.760. The summed E-state index contributed by atoms with van der Waals surface area (Å²) < 4.78 is 2.39. The van der Waals surface area contributed by atoms with Crippen molar-refractivity contribution >= 4 is 22.9 Å². The second kappa shape index (κ2) is 8.64. The van der Waals surface area contributed by atoms with Crippen LogP contribution in [0, 0.1) is 11.8 Å². The van der Waals surface area contributed by atoms with Crippen molar-refractivity contribution in [1.82, 2.24) is 14.5 Å². The van der Waals surface area contributed by atoms with E-state index in [9.17, 15) is 14.7 Å². The van der Waals surface area contributed by atoms with Crippen molar-refractivity contribution in [2.24, 2.45) is 11.8 Å². The normalized spacial score (nSPS) is 19.1. The van der Waals surface area contributed by atoms with Gasteiger partial charge in [-0.1, -0.05) is 40.0 Å². The lowest BCUT2D eigenvalue weighted by molar-refractivity contribution is -0.143. The Labute approximate surface area is 184 Å². The maximum atomic E-state index is 13.1. The van der Waals surface area contributed by atoms with E-state index in [0.29, 0.717) is 37.4 Å². The minimum Gasteiger partial charge on any atom is -0.481 e. The molecule has 1 aromatic carbocycles. The third-order valence-electron chi connectivity index (χ3n) is 6.96. The first-order valence-electron chi connectivity index (χ1n) is 11.8. The van der Waals surface area contributed by atoms with Crippen LogP contribution in [0.1, 0.15) is 81.9 Å². The number of aliphatic carboxylic acids is 1. The number of nitrogens with zero attached hydrogens (tertiary/aromatic N) is 3. The number of carbonyl (C=O) groups excluding carboxylic acids is 1. The van der Waals surface area contributed by atoms with Crippen LogP contribution in [0.5, 0.6) is 0 Å². The lowest BCUT2D eigenvalue weighted by atomic mass is 9.88. The number of rotatable bonds is 4. The summed E-state index contributed by atoms with van der Waals surface area (Å²) in [6.45, 7) is 8.59. The molecule has 1 aliphatic heterocycles.